The number of nitrogens with zero attached hydrogens (tertiary/aromatic N) is 2. The lowest BCUT2D eigenvalue weighted by Gasteiger charge is -2.31. The molecule has 0 radical (unpaired) electrons. The summed E-state index contributed by atoms with van der Waals surface area (Å²) in [6, 6.07) is 10.2. The SMILES string of the molecule is CCOC(=O)[C@@H]1CCCC(C(O)c2ccc3nc(C)nc(N[C@H](C)c4cccc(C(F)(F)F)c4)c3c2)C1. The van der Waals surface area contributed by atoms with Gasteiger partial charge in [-0.15, -0.1) is 0 Å². The quantitative estimate of drug-likeness (QED) is 0.348. The number of hydrogen-bond donors (Lipinski definition) is 2. The molecule has 0 amide bonds. The van der Waals surface area contributed by atoms with E-state index in [9.17, 15) is 23.1 Å². The molecule has 1 aromatic heterocycles. The average molecular weight is 516 g/mol. The fourth-order valence-corrected chi connectivity index (χ4v) is 5.09. The van der Waals surface area contributed by atoms with Crippen LogP contribution in [0.1, 0.15) is 74.2 Å². The third-order valence-corrected chi connectivity index (χ3v) is 7.02. The van der Waals surface area contributed by atoms with E-state index in [1.807, 2.05) is 18.2 Å². The van der Waals surface area contributed by atoms with Crippen LogP contribution in [0.3, 0.4) is 0 Å². The number of hydrogen-bond acceptors (Lipinski definition) is 6. The van der Waals surface area contributed by atoms with Gasteiger partial charge in [0.1, 0.15) is 11.6 Å². The van der Waals surface area contributed by atoms with Gasteiger partial charge < -0.3 is 15.2 Å². The van der Waals surface area contributed by atoms with E-state index >= 15 is 0 Å². The number of fused-ring (bicyclic) bond motifs is 1. The summed E-state index contributed by atoms with van der Waals surface area (Å²) in [5.74, 6) is 0.480. The molecule has 37 heavy (non-hydrogen) atoms. The number of halogens is 3. The largest absolute Gasteiger partial charge is 0.466 e. The molecule has 198 valence electrons. The van der Waals surface area contributed by atoms with Gasteiger partial charge in [0.2, 0.25) is 0 Å². The number of carbonyl (C=O) groups excluding carboxylic acids is 1. The maximum Gasteiger partial charge on any atom is 0.416 e. The molecule has 0 spiro atoms. The highest BCUT2D eigenvalue weighted by Gasteiger charge is 2.33. The first-order chi connectivity index (χ1) is 17.6. The number of aromatic nitrogens is 2. The van der Waals surface area contributed by atoms with Gasteiger partial charge in [-0.05, 0) is 81.3 Å². The number of nitrogens with one attached hydrogen (secondary N) is 1. The number of aliphatic hydroxyl groups is 1. The Bertz CT molecular complexity index is 1260. The molecular formula is C28H32F3N3O3. The minimum Gasteiger partial charge on any atom is -0.466 e. The van der Waals surface area contributed by atoms with Gasteiger partial charge in [0.05, 0.1) is 29.7 Å². The van der Waals surface area contributed by atoms with Crippen molar-refractivity contribution in [2.24, 2.45) is 11.8 Å². The van der Waals surface area contributed by atoms with Crippen LogP contribution in [-0.4, -0.2) is 27.7 Å². The molecule has 1 heterocycles. The van der Waals surface area contributed by atoms with Crippen molar-refractivity contribution in [2.45, 2.75) is 64.8 Å². The van der Waals surface area contributed by atoms with Gasteiger partial charge in [-0.25, -0.2) is 9.97 Å². The van der Waals surface area contributed by atoms with Gasteiger partial charge in [-0.3, -0.25) is 4.79 Å². The highest BCUT2D eigenvalue weighted by molar-refractivity contribution is 5.90. The van der Waals surface area contributed by atoms with Crippen LogP contribution in [0.25, 0.3) is 10.9 Å². The Morgan fingerprint density at radius 3 is 2.68 bits per heavy atom. The predicted molar refractivity (Wildman–Crippen MR) is 135 cm³/mol. The van der Waals surface area contributed by atoms with Gasteiger partial charge >= 0.3 is 12.1 Å². The van der Waals surface area contributed by atoms with Crippen LogP contribution < -0.4 is 5.32 Å². The maximum atomic E-state index is 13.2. The van der Waals surface area contributed by atoms with Crippen LogP contribution in [0, 0.1) is 18.8 Å². The number of aryl methyl sites for hydroxylation is 1. The molecule has 4 rings (SSSR count). The van der Waals surface area contributed by atoms with Crippen LogP contribution in [0.15, 0.2) is 42.5 Å². The van der Waals surface area contributed by atoms with Gasteiger partial charge in [-0.2, -0.15) is 13.2 Å². The van der Waals surface area contributed by atoms with Gasteiger partial charge in [-0.1, -0.05) is 24.6 Å². The molecule has 9 heteroatoms. The van der Waals surface area contributed by atoms with E-state index in [2.05, 4.69) is 15.3 Å². The van der Waals surface area contributed by atoms with Gasteiger partial charge in [0.15, 0.2) is 0 Å². The molecule has 1 saturated carbocycles. The molecule has 0 saturated heterocycles. The summed E-state index contributed by atoms with van der Waals surface area (Å²) in [6.45, 7) is 5.64. The maximum absolute atomic E-state index is 13.2. The van der Waals surface area contributed by atoms with Crippen molar-refractivity contribution in [3.8, 4) is 0 Å². The van der Waals surface area contributed by atoms with E-state index in [0.29, 0.717) is 46.7 Å². The molecule has 2 N–H and O–H groups in total. The summed E-state index contributed by atoms with van der Waals surface area (Å²) in [5, 5.41) is 15.1. The zero-order chi connectivity index (χ0) is 26.7. The fourth-order valence-electron chi connectivity index (χ4n) is 5.09. The van der Waals surface area contributed by atoms with Crippen molar-refractivity contribution in [1.82, 2.24) is 9.97 Å². The standard InChI is InChI=1S/C28H32F3N3O3/c1-4-37-27(36)21-9-5-8-19(13-21)25(35)20-11-12-24-23(15-20)26(34-17(3)33-24)32-16(2)18-7-6-10-22(14-18)28(29,30)31/h6-7,10-12,14-16,19,21,25,35H,4-5,8-9,13H2,1-3H3,(H,32,33,34)/t16-,19?,21-,25?/m1/s1. The molecule has 6 nitrogen and oxygen atoms in total. The number of esters is 1. The smallest absolute Gasteiger partial charge is 0.416 e. The van der Waals surface area contributed by atoms with Crippen molar-refractivity contribution in [3.05, 3.63) is 65.0 Å². The number of benzene rings is 2. The molecule has 0 bridgehead atoms. The Morgan fingerprint density at radius 1 is 1.16 bits per heavy atom. The zero-order valence-electron chi connectivity index (χ0n) is 21.2. The number of rotatable bonds is 7. The monoisotopic (exact) mass is 515 g/mol. The third-order valence-electron chi connectivity index (χ3n) is 7.02. The van der Waals surface area contributed by atoms with Crippen LogP contribution in [0.5, 0.6) is 0 Å². The number of ether oxygens (including phenoxy) is 1. The summed E-state index contributed by atoms with van der Waals surface area (Å²) in [6.07, 6.45) is -2.25. The molecule has 0 aliphatic heterocycles. The number of anilines is 1. The first kappa shape index (κ1) is 26.9. The summed E-state index contributed by atoms with van der Waals surface area (Å²) >= 11 is 0. The van der Waals surface area contributed by atoms with E-state index in [0.717, 1.165) is 31.4 Å². The first-order valence-electron chi connectivity index (χ1n) is 12.6. The van der Waals surface area contributed by atoms with Gasteiger partial charge in [0, 0.05) is 11.4 Å². The number of alkyl halides is 3. The minimum atomic E-state index is -4.43. The van der Waals surface area contributed by atoms with Crippen molar-refractivity contribution in [3.63, 3.8) is 0 Å². The van der Waals surface area contributed by atoms with E-state index in [1.54, 1.807) is 26.8 Å². The van der Waals surface area contributed by atoms with Crippen LogP contribution in [0.4, 0.5) is 19.0 Å². The van der Waals surface area contributed by atoms with Crippen LogP contribution in [-0.2, 0) is 15.7 Å². The third kappa shape index (κ3) is 6.21. The normalized spacial score (nSPS) is 19.9. The van der Waals surface area contributed by atoms with Crippen molar-refractivity contribution < 1.29 is 27.8 Å². The van der Waals surface area contributed by atoms with Crippen LogP contribution in [0.2, 0.25) is 0 Å². The summed E-state index contributed by atoms with van der Waals surface area (Å²) < 4.78 is 44.8. The molecule has 4 atom stereocenters. The topological polar surface area (TPSA) is 84.3 Å². The Balaban J connectivity index is 1.60. The second-order valence-corrected chi connectivity index (χ2v) is 9.71. The van der Waals surface area contributed by atoms with Crippen molar-refractivity contribution in [1.29, 1.82) is 0 Å². The second-order valence-electron chi connectivity index (χ2n) is 9.71. The van der Waals surface area contributed by atoms with Crippen molar-refractivity contribution in [2.75, 3.05) is 11.9 Å². The Labute approximate surface area is 214 Å². The zero-order valence-corrected chi connectivity index (χ0v) is 21.2. The summed E-state index contributed by atoms with van der Waals surface area (Å²) in [7, 11) is 0. The highest BCUT2D eigenvalue weighted by atomic mass is 19.4. The molecule has 3 aromatic rings. The predicted octanol–water partition coefficient (Wildman–Crippen LogP) is 6.53. The Hall–Kier alpha value is -3.20. The minimum absolute atomic E-state index is 0.0904. The highest BCUT2D eigenvalue weighted by Crippen LogP contribution is 2.39. The first-order valence-corrected chi connectivity index (χ1v) is 12.6. The van der Waals surface area contributed by atoms with Crippen LogP contribution >= 0.6 is 0 Å². The van der Waals surface area contributed by atoms with Crippen molar-refractivity contribution >= 4 is 22.7 Å². The lowest BCUT2D eigenvalue weighted by Crippen LogP contribution is -2.27. The van der Waals surface area contributed by atoms with Gasteiger partial charge in [0.25, 0.3) is 0 Å². The Morgan fingerprint density at radius 2 is 1.95 bits per heavy atom. The average Bonchev–Trinajstić information content (AvgIpc) is 2.87. The Kier molecular flexibility index (Phi) is 8.02. The molecule has 2 aromatic carbocycles. The molecule has 1 fully saturated rings. The molecule has 1 aliphatic carbocycles. The summed E-state index contributed by atoms with van der Waals surface area (Å²) in [5.41, 5.74) is 1.11. The molecule has 2 unspecified atom stereocenters. The molecule has 1 aliphatic rings. The lowest BCUT2D eigenvalue weighted by atomic mass is 9.77. The van der Waals surface area contributed by atoms with E-state index in [-0.39, 0.29) is 17.8 Å². The lowest BCUT2D eigenvalue weighted by molar-refractivity contribution is -0.150. The van der Waals surface area contributed by atoms with E-state index < -0.39 is 23.9 Å². The molecular weight excluding hydrogens is 483 g/mol. The van der Waals surface area contributed by atoms with E-state index in [4.69, 9.17) is 4.74 Å². The number of carbonyl (C=O) groups is 1. The summed E-state index contributed by atoms with van der Waals surface area (Å²) in [4.78, 5) is 21.3. The number of aliphatic hydroxyl groups excluding tert-OH is 1. The fraction of sp³-hybridized carbons (Fsp3) is 0.464. The second kappa shape index (κ2) is 11.0. The van der Waals surface area contributed by atoms with E-state index in [1.165, 1.54) is 6.07 Å².